The summed E-state index contributed by atoms with van der Waals surface area (Å²) in [6.07, 6.45) is 2.45. The molecular weight excluding hydrogens is 284 g/mol. The standard InChI is InChI=1S/C12H14N2O5S/c15-9-10-5-3-4-8-13(10)20(18,19)12-7-2-1-6-11(12)14(16)17/h1-2,6-7,9-10H,3-5,8H2. The molecular formula is C12H14N2O5S. The molecule has 7 nitrogen and oxygen atoms in total. The second-order valence-electron chi connectivity index (χ2n) is 4.54. The van der Waals surface area contributed by atoms with E-state index in [1.807, 2.05) is 0 Å². The van der Waals surface area contributed by atoms with E-state index < -0.39 is 26.7 Å². The highest BCUT2D eigenvalue weighted by molar-refractivity contribution is 7.89. The van der Waals surface area contributed by atoms with Crippen LogP contribution in [0.25, 0.3) is 0 Å². The first-order valence-electron chi connectivity index (χ1n) is 6.19. The van der Waals surface area contributed by atoms with Gasteiger partial charge in [-0.25, -0.2) is 8.42 Å². The zero-order chi connectivity index (χ0) is 14.8. The molecule has 0 radical (unpaired) electrons. The summed E-state index contributed by atoms with van der Waals surface area (Å²) in [5.74, 6) is 0. The number of nitro benzene ring substituents is 1. The predicted octanol–water partition coefficient (Wildman–Crippen LogP) is 1.34. The maximum absolute atomic E-state index is 12.5. The Labute approximate surface area is 116 Å². The largest absolute Gasteiger partial charge is 0.302 e. The molecule has 1 aromatic rings. The van der Waals surface area contributed by atoms with E-state index in [1.54, 1.807) is 0 Å². The third-order valence-corrected chi connectivity index (χ3v) is 5.28. The maximum Gasteiger partial charge on any atom is 0.289 e. The van der Waals surface area contributed by atoms with Gasteiger partial charge in [0.2, 0.25) is 0 Å². The van der Waals surface area contributed by atoms with Gasteiger partial charge < -0.3 is 4.79 Å². The van der Waals surface area contributed by atoms with Gasteiger partial charge >= 0.3 is 0 Å². The zero-order valence-electron chi connectivity index (χ0n) is 10.6. The smallest absolute Gasteiger partial charge is 0.289 e. The molecule has 8 heteroatoms. The normalized spacial score (nSPS) is 20.5. The summed E-state index contributed by atoms with van der Waals surface area (Å²) in [4.78, 5) is 20.9. The van der Waals surface area contributed by atoms with E-state index in [0.717, 1.165) is 16.8 Å². The van der Waals surface area contributed by atoms with Gasteiger partial charge in [-0.2, -0.15) is 4.31 Å². The number of nitro groups is 1. The summed E-state index contributed by atoms with van der Waals surface area (Å²) in [5, 5.41) is 11.0. The van der Waals surface area contributed by atoms with Crippen LogP contribution in [0.3, 0.4) is 0 Å². The summed E-state index contributed by atoms with van der Waals surface area (Å²) in [6.45, 7) is 0.206. The van der Waals surface area contributed by atoms with Gasteiger partial charge in [0, 0.05) is 12.6 Å². The minimum absolute atomic E-state index is 0.206. The molecule has 1 saturated heterocycles. The molecule has 0 bridgehead atoms. The monoisotopic (exact) mass is 298 g/mol. The minimum atomic E-state index is -4.04. The van der Waals surface area contributed by atoms with E-state index in [-0.39, 0.29) is 11.4 Å². The van der Waals surface area contributed by atoms with Crippen LogP contribution in [0.2, 0.25) is 0 Å². The number of para-hydroxylation sites is 1. The molecule has 1 aromatic carbocycles. The SMILES string of the molecule is O=CC1CCCCN1S(=O)(=O)c1ccccc1[N+](=O)[O-]. The van der Waals surface area contributed by atoms with E-state index >= 15 is 0 Å². The van der Waals surface area contributed by atoms with Crippen molar-refractivity contribution in [2.24, 2.45) is 0 Å². The first kappa shape index (κ1) is 14.6. The predicted molar refractivity (Wildman–Crippen MR) is 70.7 cm³/mol. The van der Waals surface area contributed by atoms with Crippen LogP contribution in [0, 0.1) is 10.1 Å². The van der Waals surface area contributed by atoms with Crippen molar-refractivity contribution in [2.45, 2.75) is 30.2 Å². The van der Waals surface area contributed by atoms with Gasteiger partial charge in [-0.3, -0.25) is 10.1 Å². The molecule has 1 heterocycles. The molecule has 0 amide bonds. The Morgan fingerprint density at radius 1 is 1.30 bits per heavy atom. The molecule has 1 unspecified atom stereocenters. The molecule has 2 rings (SSSR count). The lowest BCUT2D eigenvalue weighted by Gasteiger charge is -2.30. The zero-order valence-corrected chi connectivity index (χ0v) is 11.5. The molecule has 0 N–H and O–H groups in total. The number of benzene rings is 1. The van der Waals surface area contributed by atoms with Crippen LogP contribution < -0.4 is 0 Å². The fourth-order valence-corrected chi connectivity index (χ4v) is 4.11. The van der Waals surface area contributed by atoms with Crippen molar-refractivity contribution in [3.05, 3.63) is 34.4 Å². The lowest BCUT2D eigenvalue weighted by Crippen LogP contribution is -2.44. The van der Waals surface area contributed by atoms with Gasteiger partial charge in [-0.05, 0) is 18.9 Å². The number of hydrogen-bond donors (Lipinski definition) is 0. The fraction of sp³-hybridized carbons (Fsp3) is 0.417. The molecule has 0 aliphatic carbocycles. The summed E-state index contributed by atoms with van der Waals surface area (Å²) in [7, 11) is -4.04. The van der Waals surface area contributed by atoms with Crippen molar-refractivity contribution in [1.82, 2.24) is 4.31 Å². The van der Waals surface area contributed by atoms with Crippen LogP contribution in [0.1, 0.15) is 19.3 Å². The molecule has 20 heavy (non-hydrogen) atoms. The number of rotatable bonds is 4. The van der Waals surface area contributed by atoms with Gasteiger partial charge in [-0.15, -0.1) is 0 Å². The number of nitrogens with zero attached hydrogens (tertiary/aromatic N) is 2. The highest BCUT2D eigenvalue weighted by Gasteiger charge is 2.36. The van der Waals surface area contributed by atoms with Crippen molar-refractivity contribution < 1.29 is 18.1 Å². The lowest BCUT2D eigenvalue weighted by molar-refractivity contribution is -0.387. The van der Waals surface area contributed by atoms with Crippen molar-refractivity contribution >= 4 is 22.0 Å². The first-order valence-corrected chi connectivity index (χ1v) is 7.63. The Morgan fingerprint density at radius 2 is 2.00 bits per heavy atom. The molecule has 108 valence electrons. The van der Waals surface area contributed by atoms with Crippen LogP contribution in [0.15, 0.2) is 29.2 Å². The Kier molecular flexibility index (Phi) is 4.15. The van der Waals surface area contributed by atoms with E-state index in [2.05, 4.69) is 0 Å². The minimum Gasteiger partial charge on any atom is -0.302 e. The molecule has 1 aliphatic rings. The Bertz CT molecular complexity index is 628. The summed E-state index contributed by atoms with van der Waals surface area (Å²) < 4.78 is 26.2. The first-order chi connectivity index (χ1) is 9.48. The van der Waals surface area contributed by atoms with Crippen LogP contribution >= 0.6 is 0 Å². The summed E-state index contributed by atoms with van der Waals surface area (Å²) >= 11 is 0. The van der Waals surface area contributed by atoms with Crippen LogP contribution in [-0.2, 0) is 14.8 Å². The van der Waals surface area contributed by atoms with E-state index in [0.29, 0.717) is 19.1 Å². The molecule has 0 saturated carbocycles. The van der Waals surface area contributed by atoms with Gasteiger partial charge in [0.1, 0.15) is 6.29 Å². The Balaban J connectivity index is 2.49. The second kappa shape index (κ2) is 5.68. The van der Waals surface area contributed by atoms with Crippen molar-refractivity contribution in [3.63, 3.8) is 0 Å². The second-order valence-corrected chi connectivity index (χ2v) is 6.40. The molecule has 1 atom stereocenters. The molecule has 1 fully saturated rings. The molecule has 0 aromatic heterocycles. The number of aldehydes is 1. The summed E-state index contributed by atoms with van der Waals surface area (Å²) in [5.41, 5.74) is -0.470. The maximum atomic E-state index is 12.5. The Morgan fingerprint density at radius 3 is 2.65 bits per heavy atom. The van der Waals surface area contributed by atoms with Gasteiger partial charge in [-0.1, -0.05) is 18.6 Å². The van der Waals surface area contributed by atoms with Crippen molar-refractivity contribution in [3.8, 4) is 0 Å². The summed E-state index contributed by atoms with van der Waals surface area (Å²) in [6, 6.07) is 4.44. The third kappa shape index (κ3) is 2.56. The highest BCUT2D eigenvalue weighted by atomic mass is 32.2. The topological polar surface area (TPSA) is 97.6 Å². The number of piperidine rings is 1. The van der Waals surface area contributed by atoms with Gasteiger partial charge in [0.05, 0.1) is 11.0 Å². The third-order valence-electron chi connectivity index (χ3n) is 3.30. The number of carbonyl (C=O) groups excluding carboxylic acids is 1. The fourth-order valence-electron chi connectivity index (χ4n) is 2.32. The number of sulfonamides is 1. The molecule has 1 aliphatic heterocycles. The average molecular weight is 298 g/mol. The van der Waals surface area contributed by atoms with Crippen LogP contribution in [0.5, 0.6) is 0 Å². The number of hydrogen-bond acceptors (Lipinski definition) is 5. The van der Waals surface area contributed by atoms with Gasteiger partial charge in [0.25, 0.3) is 15.7 Å². The number of carbonyl (C=O) groups is 1. The Hall–Kier alpha value is -1.80. The van der Waals surface area contributed by atoms with Crippen LogP contribution in [-0.4, -0.2) is 36.5 Å². The van der Waals surface area contributed by atoms with Crippen molar-refractivity contribution in [2.75, 3.05) is 6.54 Å². The average Bonchev–Trinajstić information content (AvgIpc) is 2.47. The van der Waals surface area contributed by atoms with E-state index in [9.17, 15) is 23.3 Å². The van der Waals surface area contributed by atoms with E-state index in [4.69, 9.17) is 0 Å². The molecule has 0 spiro atoms. The van der Waals surface area contributed by atoms with Crippen LogP contribution in [0.4, 0.5) is 5.69 Å². The van der Waals surface area contributed by atoms with Gasteiger partial charge in [0.15, 0.2) is 4.90 Å². The highest BCUT2D eigenvalue weighted by Crippen LogP contribution is 2.30. The van der Waals surface area contributed by atoms with Crippen molar-refractivity contribution in [1.29, 1.82) is 0 Å². The quantitative estimate of drug-likeness (QED) is 0.474. The van der Waals surface area contributed by atoms with E-state index in [1.165, 1.54) is 18.2 Å². The lowest BCUT2D eigenvalue weighted by atomic mass is 10.1.